The summed E-state index contributed by atoms with van der Waals surface area (Å²) in [4.78, 5) is 69.6. The summed E-state index contributed by atoms with van der Waals surface area (Å²) in [5, 5.41) is 39.8. The Balaban J connectivity index is 1.51. The van der Waals surface area contributed by atoms with E-state index in [1.165, 1.54) is 33.1 Å². The van der Waals surface area contributed by atoms with E-state index in [1.54, 1.807) is 90.1 Å². The molecule has 6 rings (SSSR count). The van der Waals surface area contributed by atoms with Crippen LogP contribution in [0.2, 0.25) is 0 Å². The van der Waals surface area contributed by atoms with E-state index < -0.39 is 112 Å². The van der Waals surface area contributed by atoms with Gasteiger partial charge in [0.05, 0.1) is 35.6 Å². The number of aliphatic hydroxyl groups is 3. The topological polar surface area (TPSA) is 213 Å². The molecule has 1 aliphatic heterocycles. The van der Waals surface area contributed by atoms with Crippen LogP contribution in [0.25, 0.3) is 0 Å². The molecule has 3 aliphatic carbocycles. The van der Waals surface area contributed by atoms with E-state index in [2.05, 4.69) is 5.32 Å². The highest BCUT2D eigenvalue weighted by atomic mass is 16.6. The van der Waals surface area contributed by atoms with Gasteiger partial charge in [0.1, 0.15) is 35.6 Å². The Morgan fingerprint density at radius 1 is 0.966 bits per heavy atom. The maximum absolute atomic E-state index is 15.3. The number of fused-ring (bicyclic) bond motifs is 5. The zero-order valence-electron chi connectivity index (χ0n) is 34.8. The van der Waals surface area contributed by atoms with Gasteiger partial charge in [-0.1, -0.05) is 62.4 Å². The third-order valence-corrected chi connectivity index (χ3v) is 12.8. The molecule has 4 aliphatic rings. The Bertz CT molecular complexity index is 1990. The van der Waals surface area contributed by atoms with Crippen LogP contribution in [-0.4, -0.2) is 112 Å². The Morgan fingerprint density at radius 3 is 2.12 bits per heavy atom. The summed E-state index contributed by atoms with van der Waals surface area (Å²) in [5.74, 6) is -4.91. The maximum Gasteiger partial charge on any atom is 0.408 e. The average molecular weight is 822 g/mol. The minimum Gasteiger partial charge on any atom is -0.456 e. The molecule has 4 N–H and O–H groups in total. The summed E-state index contributed by atoms with van der Waals surface area (Å²) in [6.07, 6.45) is -10.5. The first-order valence-electron chi connectivity index (χ1n) is 19.7. The molecule has 11 atom stereocenters. The minimum absolute atomic E-state index is 0.108. The highest BCUT2D eigenvalue weighted by Gasteiger charge is 2.78. The summed E-state index contributed by atoms with van der Waals surface area (Å²) < 4.78 is 35.8. The first kappa shape index (κ1) is 43.9. The number of hydrogen-bond acceptors (Lipinski definition) is 14. The standard InChI is InChI=1S/C44H55NO14/c1-23-27(56-38(51)32(48)31(25-16-12-10-13-17-25)45-39(52)59-40(3,4)5)21-44(53)36(57-37(50)26-18-14-11-15-19-26)34-42(8,35(49)33(54-9)30(23)41(44,6)7)28(47)20-29-43(34,22-55-29)58-24(2)46/h10-19,27-29,31-34,36,47-48,53H,20-22H2,1-9H3,(H,45,52)/t27-,28-,29+,31-,32+,33+,34-,36-,42+,43-,44+/m0/s1. The Kier molecular flexibility index (Phi) is 11.7. The van der Waals surface area contributed by atoms with Crippen molar-refractivity contribution >= 4 is 29.8 Å². The first-order chi connectivity index (χ1) is 27.5. The summed E-state index contributed by atoms with van der Waals surface area (Å²) in [6.45, 7) is 12.3. The lowest BCUT2D eigenvalue weighted by Gasteiger charge is -2.67. The molecule has 2 bridgehead atoms. The maximum atomic E-state index is 15.3. The molecule has 1 saturated heterocycles. The number of benzene rings is 2. The number of ether oxygens (including phenoxy) is 6. The van der Waals surface area contributed by atoms with E-state index in [0.29, 0.717) is 11.1 Å². The molecule has 320 valence electrons. The van der Waals surface area contributed by atoms with Crippen LogP contribution in [0.15, 0.2) is 71.8 Å². The molecule has 59 heavy (non-hydrogen) atoms. The van der Waals surface area contributed by atoms with Crippen molar-refractivity contribution in [3.8, 4) is 0 Å². The normalized spacial score (nSPS) is 33.3. The monoisotopic (exact) mass is 821 g/mol. The molecule has 2 saturated carbocycles. The van der Waals surface area contributed by atoms with Gasteiger partial charge in [0, 0.05) is 32.3 Å². The van der Waals surface area contributed by atoms with Crippen molar-refractivity contribution in [3.05, 3.63) is 82.9 Å². The van der Waals surface area contributed by atoms with Gasteiger partial charge in [-0.2, -0.15) is 0 Å². The minimum atomic E-state index is -2.27. The van der Waals surface area contributed by atoms with E-state index in [0.717, 1.165) is 0 Å². The Hall–Kier alpha value is -4.67. The quantitative estimate of drug-likeness (QED) is 0.161. The molecular weight excluding hydrogens is 766 g/mol. The second-order valence-corrected chi connectivity index (χ2v) is 17.8. The second kappa shape index (κ2) is 15.7. The lowest BCUT2D eigenvalue weighted by molar-refractivity contribution is -0.346. The fourth-order valence-corrected chi connectivity index (χ4v) is 9.75. The third kappa shape index (κ3) is 7.45. The number of hydrogen-bond donors (Lipinski definition) is 4. The second-order valence-electron chi connectivity index (χ2n) is 17.8. The summed E-state index contributed by atoms with van der Waals surface area (Å²) in [7, 11) is 1.29. The smallest absolute Gasteiger partial charge is 0.408 e. The van der Waals surface area contributed by atoms with Crippen molar-refractivity contribution in [2.24, 2.45) is 16.7 Å². The van der Waals surface area contributed by atoms with E-state index in [9.17, 15) is 34.5 Å². The number of amides is 1. The fraction of sp³-hybridized carbons (Fsp3) is 0.568. The van der Waals surface area contributed by atoms with Crippen LogP contribution in [0.4, 0.5) is 4.79 Å². The number of carbonyl (C=O) groups excluding carboxylic acids is 5. The van der Waals surface area contributed by atoms with Gasteiger partial charge >= 0.3 is 24.0 Å². The van der Waals surface area contributed by atoms with Crippen LogP contribution in [0, 0.1) is 16.7 Å². The molecule has 1 heterocycles. The van der Waals surface area contributed by atoms with Crippen molar-refractivity contribution in [2.75, 3.05) is 13.7 Å². The van der Waals surface area contributed by atoms with Crippen LogP contribution in [0.1, 0.15) is 90.2 Å². The van der Waals surface area contributed by atoms with E-state index in [-0.39, 0.29) is 24.2 Å². The molecule has 15 heteroatoms. The zero-order valence-corrected chi connectivity index (χ0v) is 34.8. The molecule has 0 aromatic heterocycles. The lowest BCUT2D eigenvalue weighted by Crippen LogP contribution is -2.81. The predicted octanol–water partition coefficient (Wildman–Crippen LogP) is 3.91. The molecule has 1 amide bonds. The number of aliphatic hydroxyl groups excluding tert-OH is 2. The number of methoxy groups -OCH3 is 1. The molecule has 0 unspecified atom stereocenters. The largest absolute Gasteiger partial charge is 0.456 e. The number of ketones is 1. The van der Waals surface area contributed by atoms with Gasteiger partial charge < -0.3 is 49.1 Å². The SMILES string of the molecule is CO[C@H]1C(=O)[C@@]2(C)[C@H]([C@H](OC(=O)c3ccccc3)[C@]3(O)C[C@H](OC(=O)[C@H](O)[C@@H](NC(=O)OC(C)(C)C)c4ccccc4)C(C)=C1C3(C)C)[C@]1(OC(C)=O)CO[C@@H]1C[C@@H]2O. The molecule has 0 radical (unpaired) electrons. The predicted molar refractivity (Wildman–Crippen MR) is 208 cm³/mol. The molecule has 3 fully saturated rings. The average Bonchev–Trinajstić information content (AvgIpc) is 3.16. The lowest BCUT2D eigenvalue weighted by atomic mass is 9.44. The van der Waals surface area contributed by atoms with Crippen molar-refractivity contribution in [1.82, 2.24) is 5.32 Å². The van der Waals surface area contributed by atoms with Gasteiger partial charge in [-0.05, 0) is 63.5 Å². The molecule has 0 spiro atoms. The van der Waals surface area contributed by atoms with Crippen molar-refractivity contribution < 1.29 is 67.7 Å². The summed E-state index contributed by atoms with van der Waals surface area (Å²) in [6, 6.07) is 14.9. The van der Waals surface area contributed by atoms with Gasteiger partial charge in [0.25, 0.3) is 0 Å². The number of rotatable bonds is 9. The van der Waals surface area contributed by atoms with Crippen LogP contribution in [0.3, 0.4) is 0 Å². The first-order valence-corrected chi connectivity index (χ1v) is 19.7. The van der Waals surface area contributed by atoms with E-state index in [4.69, 9.17) is 28.4 Å². The van der Waals surface area contributed by atoms with Gasteiger partial charge in [-0.25, -0.2) is 14.4 Å². The highest BCUT2D eigenvalue weighted by Crippen LogP contribution is 2.64. The van der Waals surface area contributed by atoms with E-state index >= 15 is 4.79 Å². The summed E-state index contributed by atoms with van der Waals surface area (Å²) in [5.41, 5.74) is -7.29. The van der Waals surface area contributed by atoms with E-state index in [1.807, 2.05) is 0 Å². The molecular formula is C44H55NO14. The van der Waals surface area contributed by atoms with Gasteiger partial charge in [-0.3, -0.25) is 9.59 Å². The van der Waals surface area contributed by atoms with Gasteiger partial charge in [-0.15, -0.1) is 0 Å². The number of carbonyl (C=O) groups is 5. The Labute approximate surface area is 343 Å². The van der Waals surface area contributed by atoms with Crippen molar-refractivity contribution in [2.45, 2.75) is 128 Å². The molecule has 15 nitrogen and oxygen atoms in total. The number of nitrogens with one attached hydrogen (secondary N) is 1. The van der Waals surface area contributed by atoms with Crippen LogP contribution in [0.5, 0.6) is 0 Å². The number of Topliss-reactive ketones (excluding diaryl/α,β-unsaturated/α-hetero) is 1. The van der Waals surface area contributed by atoms with Crippen LogP contribution < -0.4 is 5.32 Å². The van der Waals surface area contributed by atoms with Crippen molar-refractivity contribution in [3.63, 3.8) is 0 Å². The zero-order chi connectivity index (χ0) is 43.5. The van der Waals surface area contributed by atoms with Crippen molar-refractivity contribution in [1.29, 1.82) is 0 Å². The summed E-state index contributed by atoms with van der Waals surface area (Å²) >= 11 is 0. The third-order valence-electron chi connectivity index (χ3n) is 12.8. The van der Waals surface area contributed by atoms with Gasteiger partial charge in [0.15, 0.2) is 17.5 Å². The number of esters is 3. The molecule has 2 aromatic rings. The Morgan fingerprint density at radius 2 is 1.58 bits per heavy atom. The number of alkyl carbamates (subject to hydrolysis) is 1. The molecule has 2 aromatic carbocycles. The van der Waals surface area contributed by atoms with Gasteiger partial charge in [0.2, 0.25) is 0 Å². The highest BCUT2D eigenvalue weighted by molar-refractivity contribution is 5.94. The fourth-order valence-electron chi connectivity index (χ4n) is 9.75. The van der Waals surface area contributed by atoms with Crippen LogP contribution >= 0.6 is 0 Å². The van der Waals surface area contributed by atoms with Crippen LogP contribution in [-0.2, 0) is 42.8 Å².